The largest absolute Gasteiger partial charge is 0.396 e. The van der Waals surface area contributed by atoms with Crippen LogP contribution in [0.25, 0.3) is 0 Å². The number of hydrogen-bond acceptors (Lipinski definition) is 3. The lowest BCUT2D eigenvalue weighted by Crippen LogP contribution is -2.33. The van der Waals surface area contributed by atoms with E-state index < -0.39 is 11.5 Å². The molecular weight excluding hydrogens is 180 g/mol. The molecule has 0 heterocycles. The molecule has 0 aliphatic heterocycles. The molecule has 3 heteroatoms. The van der Waals surface area contributed by atoms with E-state index in [9.17, 15) is 5.11 Å². The standard InChI is InChI=1S/C11H16O3/c1-11(7-12,8-13)10(14)9-5-3-2-4-6-9/h2-6,10,12-14H,7-8H2,1H3. The molecule has 0 amide bonds. The summed E-state index contributed by atoms with van der Waals surface area (Å²) in [7, 11) is 0. The zero-order valence-electron chi connectivity index (χ0n) is 8.22. The fourth-order valence-corrected chi connectivity index (χ4v) is 1.26. The second kappa shape index (κ2) is 4.55. The van der Waals surface area contributed by atoms with Crippen molar-refractivity contribution in [2.24, 2.45) is 5.41 Å². The van der Waals surface area contributed by atoms with Crippen molar-refractivity contribution < 1.29 is 15.3 Å². The topological polar surface area (TPSA) is 60.7 Å². The Morgan fingerprint density at radius 1 is 1.14 bits per heavy atom. The van der Waals surface area contributed by atoms with Crippen molar-refractivity contribution in [1.29, 1.82) is 0 Å². The summed E-state index contributed by atoms with van der Waals surface area (Å²) < 4.78 is 0. The summed E-state index contributed by atoms with van der Waals surface area (Å²) in [4.78, 5) is 0. The lowest BCUT2D eigenvalue weighted by atomic mass is 9.82. The first kappa shape index (κ1) is 11.2. The molecule has 0 bridgehead atoms. The Hall–Kier alpha value is -0.900. The molecule has 0 radical (unpaired) electrons. The lowest BCUT2D eigenvalue weighted by Gasteiger charge is -2.30. The maximum Gasteiger partial charge on any atom is 0.0887 e. The number of rotatable bonds is 4. The molecule has 1 aromatic carbocycles. The van der Waals surface area contributed by atoms with Crippen molar-refractivity contribution in [3.63, 3.8) is 0 Å². The summed E-state index contributed by atoms with van der Waals surface area (Å²) in [6, 6.07) is 9.02. The van der Waals surface area contributed by atoms with Crippen LogP contribution in [-0.2, 0) is 0 Å². The summed E-state index contributed by atoms with van der Waals surface area (Å²) in [6.07, 6.45) is -0.848. The Bertz CT molecular complexity index is 267. The lowest BCUT2D eigenvalue weighted by molar-refractivity contribution is -0.0424. The third-order valence-electron chi connectivity index (χ3n) is 2.50. The highest BCUT2D eigenvalue weighted by molar-refractivity contribution is 5.19. The second-order valence-electron chi connectivity index (χ2n) is 3.78. The normalized spacial score (nSPS) is 14.0. The highest BCUT2D eigenvalue weighted by atomic mass is 16.3. The monoisotopic (exact) mass is 196 g/mol. The summed E-state index contributed by atoms with van der Waals surface area (Å²) in [5, 5.41) is 28.1. The number of aliphatic hydroxyl groups is 3. The van der Waals surface area contributed by atoms with Crippen molar-refractivity contribution in [2.45, 2.75) is 13.0 Å². The fraction of sp³-hybridized carbons (Fsp3) is 0.455. The molecule has 0 aliphatic carbocycles. The van der Waals surface area contributed by atoms with Gasteiger partial charge in [-0.3, -0.25) is 0 Å². The van der Waals surface area contributed by atoms with E-state index in [1.165, 1.54) is 0 Å². The van der Waals surface area contributed by atoms with Crippen molar-refractivity contribution in [3.8, 4) is 0 Å². The van der Waals surface area contributed by atoms with E-state index in [0.29, 0.717) is 5.56 Å². The smallest absolute Gasteiger partial charge is 0.0887 e. The van der Waals surface area contributed by atoms with Crippen LogP contribution in [0.15, 0.2) is 30.3 Å². The van der Waals surface area contributed by atoms with Gasteiger partial charge in [-0.1, -0.05) is 37.3 Å². The van der Waals surface area contributed by atoms with E-state index >= 15 is 0 Å². The maximum absolute atomic E-state index is 9.92. The molecule has 0 aromatic heterocycles. The minimum Gasteiger partial charge on any atom is -0.396 e. The number of aliphatic hydroxyl groups excluding tert-OH is 3. The van der Waals surface area contributed by atoms with E-state index in [4.69, 9.17) is 10.2 Å². The van der Waals surface area contributed by atoms with Crippen LogP contribution in [0.5, 0.6) is 0 Å². The zero-order chi connectivity index (χ0) is 10.6. The molecule has 0 aliphatic rings. The summed E-state index contributed by atoms with van der Waals surface area (Å²) in [5.41, 5.74) is -0.181. The molecule has 1 aromatic rings. The minimum atomic E-state index is -0.888. The molecule has 0 saturated carbocycles. The Balaban J connectivity index is 2.89. The predicted molar refractivity (Wildman–Crippen MR) is 53.7 cm³/mol. The van der Waals surface area contributed by atoms with Crippen LogP contribution in [-0.4, -0.2) is 28.5 Å². The van der Waals surface area contributed by atoms with Crippen LogP contribution in [0.4, 0.5) is 0 Å². The molecule has 0 fully saturated rings. The van der Waals surface area contributed by atoms with Crippen LogP contribution in [0, 0.1) is 5.41 Å². The first-order chi connectivity index (χ1) is 6.64. The molecule has 1 unspecified atom stereocenters. The van der Waals surface area contributed by atoms with Gasteiger partial charge in [-0.25, -0.2) is 0 Å². The van der Waals surface area contributed by atoms with E-state index in [2.05, 4.69) is 0 Å². The van der Waals surface area contributed by atoms with Crippen LogP contribution in [0.1, 0.15) is 18.6 Å². The SMILES string of the molecule is CC(CO)(CO)C(O)c1ccccc1. The van der Waals surface area contributed by atoms with Gasteiger partial charge in [0.15, 0.2) is 0 Å². The van der Waals surface area contributed by atoms with Crippen molar-refractivity contribution >= 4 is 0 Å². The van der Waals surface area contributed by atoms with E-state index in [-0.39, 0.29) is 13.2 Å². The Labute approximate surface area is 83.6 Å². The fourth-order valence-electron chi connectivity index (χ4n) is 1.26. The van der Waals surface area contributed by atoms with E-state index in [1.54, 1.807) is 19.1 Å². The number of benzene rings is 1. The van der Waals surface area contributed by atoms with Gasteiger partial charge >= 0.3 is 0 Å². The van der Waals surface area contributed by atoms with Gasteiger partial charge in [-0.15, -0.1) is 0 Å². The summed E-state index contributed by atoms with van der Waals surface area (Å²) >= 11 is 0. The Morgan fingerprint density at radius 3 is 2.07 bits per heavy atom. The molecule has 3 N–H and O–H groups in total. The van der Waals surface area contributed by atoms with Crippen molar-refractivity contribution in [1.82, 2.24) is 0 Å². The van der Waals surface area contributed by atoms with Gasteiger partial charge in [-0.2, -0.15) is 0 Å². The molecular formula is C11H16O3. The van der Waals surface area contributed by atoms with Crippen LogP contribution < -0.4 is 0 Å². The van der Waals surface area contributed by atoms with Gasteiger partial charge < -0.3 is 15.3 Å². The number of hydrogen-bond donors (Lipinski definition) is 3. The quantitative estimate of drug-likeness (QED) is 0.664. The first-order valence-electron chi connectivity index (χ1n) is 4.59. The van der Waals surface area contributed by atoms with Gasteiger partial charge in [0, 0.05) is 5.41 Å². The van der Waals surface area contributed by atoms with Gasteiger partial charge in [0.05, 0.1) is 19.3 Å². The molecule has 0 saturated heterocycles. The third-order valence-corrected chi connectivity index (χ3v) is 2.50. The third kappa shape index (κ3) is 2.12. The molecule has 3 nitrogen and oxygen atoms in total. The molecule has 14 heavy (non-hydrogen) atoms. The predicted octanol–water partition coefficient (Wildman–Crippen LogP) is 0.711. The highest BCUT2D eigenvalue weighted by Crippen LogP contribution is 2.32. The minimum absolute atomic E-state index is 0.250. The summed E-state index contributed by atoms with van der Waals surface area (Å²) in [6.45, 7) is 1.14. The van der Waals surface area contributed by atoms with Crippen LogP contribution in [0.3, 0.4) is 0 Å². The molecule has 78 valence electrons. The molecule has 1 atom stereocenters. The Morgan fingerprint density at radius 2 is 1.64 bits per heavy atom. The second-order valence-corrected chi connectivity index (χ2v) is 3.78. The van der Waals surface area contributed by atoms with Gasteiger partial charge in [0.2, 0.25) is 0 Å². The Kier molecular flexibility index (Phi) is 3.63. The molecule has 1 rings (SSSR count). The van der Waals surface area contributed by atoms with Crippen LogP contribution in [0.2, 0.25) is 0 Å². The van der Waals surface area contributed by atoms with Crippen molar-refractivity contribution in [3.05, 3.63) is 35.9 Å². The highest BCUT2D eigenvalue weighted by Gasteiger charge is 2.32. The van der Waals surface area contributed by atoms with E-state index in [1.807, 2.05) is 18.2 Å². The van der Waals surface area contributed by atoms with Gasteiger partial charge in [0.1, 0.15) is 0 Å². The van der Waals surface area contributed by atoms with Crippen LogP contribution >= 0.6 is 0 Å². The molecule has 0 spiro atoms. The van der Waals surface area contributed by atoms with Gasteiger partial charge in [-0.05, 0) is 5.56 Å². The summed E-state index contributed by atoms with van der Waals surface area (Å²) in [5.74, 6) is 0. The zero-order valence-corrected chi connectivity index (χ0v) is 8.22. The maximum atomic E-state index is 9.92. The van der Waals surface area contributed by atoms with Crippen molar-refractivity contribution in [2.75, 3.05) is 13.2 Å². The average Bonchev–Trinajstić information content (AvgIpc) is 2.28. The van der Waals surface area contributed by atoms with Gasteiger partial charge in [0.25, 0.3) is 0 Å². The first-order valence-corrected chi connectivity index (χ1v) is 4.59. The van der Waals surface area contributed by atoms with E-state index in [0.717, 1.165) is 0 Å². The average molecular weight is 196 g/mol.